The van der Waals surface area contributed by atoms with E-state index in [1.165, 1.54) is 19.3 Å². The van der Waals surface area contributed by atoms with Crippen molar-refractivity contribution in [2.75, 3.05) is 44.7 Å². The highest BCUT2D eigenvalue weighted by Gasteiger charge is 2.29. The number of para-hydroxylation sites is 1. The third kappa shape index (κ3) is 4.84. The van der Waals surface area contributed by atoms with Crippen LogP contribution < -0.4 is 15.0 Å². The molecule has 5 rings (SSSR count). The molecule has 9 heteroatoms. The molecular weight excluding hydrogens is 430 g/mol. The molecule has 0 spiro atoms. The fraction of sp³-hybridized carbons (Fsp3) is 0.520. The van der Waals surface area contributed by atoms with Crippen LogP contribution in [-0.4, -0.2) is 70.5 Å². The highest BCUT2D eigenvalue weighted by molar-refractivity contribution is 5.79. The SMILES string of the molecule is COc1ccccc1C(CNC(=O)C1CCN(c2ccc3nncn3n2)CC1)N1CCCCC1. The van der Waals surface area contributed by atoms with Crippen LogP contribution >= 0.6 is 0 Å². The van der Waals surface area contributed by atoms with Crippen molar-refractivity contribution in [1.29, 1.82) is 0 Å². The molecule has 2 aliphatic heterocycles. The number of nitrogens with one attached hydrogen (secondary N) is 1. The van der Waals surface area contributed by atoms with Gasteiger partial charge in [-0.15, -0.1) is 15.3 Å². The zero-order valence-corrected chi connectivity index (χ0v) is 19.8. The van der Waals surface area contributed by atoms with E-state index in [0.29, 0.717) is 6.54 Å². The monoisotopic (exact) mass is 463 g/mol. The van der Waals surface area contributed by atoms with Crippen molar-refractivity contribution < 1.29 is 9.53 Å². The minimum Gasteiger partial charge on any atom is -0.496 e. The number of likely N-dealkylation sites (tertiary alicyclic amines) is 1. The van der Waals surface area contributed by atoms with Crippen LogP contribution in [0.1, 0.15) is 43.7 Å². The molecule has 0 saturated carbocycles. The van der Waals surface area contributed by atoms with Crippen molar-refractivity contribution in [3.8, 4) is 5.75 Å². The summed E-state index contributed by atoms with van der Waals surface area (Å²) < 4.78 is 7.34. The van der Waals surface area contributed by atoms with Gasteiger partial charge in [0.05, 0.1) is 13.2 Å². The number of aromatic nitrogens is 4. The first-order valence-electron chi connectivity index (χ1n) is 12.3. The summed E-state index contributed by atoms with van der Waals surface area (Å²) in [6, 6.07) is 12.2. The Hall–Kier alpha value is -3.20. The van der Waals surface area contributed by atoms with E-state index in [1.54, 1.807) is 18.0 Å². The molecule has 180 valence electrons. The zero-order chi connectivity index (χ0) is 23.3. The molecule has 2 aliphatic rings. The van der Waals surface area contributed by atoms with Gasteiger partial charge >= 0.3 is 0 Å². The van der Waals surface area contributed by atoms with E-state index >= 15 is 0 Å². The summed E-state index contributed by atoms with van der Waals surface area (Å²) >= 11 is 0. The molecule has 9 nitrogen and oxygen atoms in total. The number of nitrogens with zero attached hydrogens (tertiary/aromatic N) is 6. The van der Waals surface area contributed by atoms with Crippen LogP contribution in [0.2, 0.25) is 0 Å². The number of carbonyl (C=O) groups excluding carboxylic acids is 1. The minimum atomic E-state index is 0.0227. The number of hydrogen-bond donors (Lipinski definition) is 1. The van der Waals surface area contributed by atoms with Gasteiger partial charge in [-0.2, -0.15) is 4.52 Å². The molecule has 2 fully saturated rings. The Morgan fingerprint density at radius 1 is 1.09 bits per heavy atom. The zero-order valence-electron chi connectivity index (χ0n) is 19.8. The first-order valence-corrected chi connectivity index (χ1v) is 12.3. The number of amides is 1. The summed E-state index contributed by atoms with van der Waals surface area (Å²) in [7, 11) is 1.72. The number of rotatable bonds is 7. The molecule has 0 bridgehead atoms. The number of anilines is 1. The van der Waals surface area contributed by atoms with Crippen LogP contribution in [0.4, 0.5) is 5.82 Å². The van der Waals surface area contributed by atoms with Crippen LogP contribution in [-0.2, 0) is 4.79 Å². The topological polar surface area (TPSA) is 87.9 Å². The van der Waals surface area contributed by atoms with Crippen molar-refractivity contribution in [2.45, 2.75) is 38.1 Å². The lowest BCUT2D eigenvalue weighted by atomic mass is 9.95. The number of hydrogen-bond acceptors (Lipinski definition) is 7. The standard InChI is InChI=1S/C25H33N7O2/c1-34-22-8-4-3-7-20(22)21(30-13-5-2-6-14-30)17-26-25(33)19-11-15-31(16-12-19)24-10-9-23-28-27-18-32(23)29-24/h3-4,7-10,18-19,21H,2,5-6,11-17H2,1H3,(H,26,33). The van der Waals surface area contributed by atoms with Gasteiger partial charge in [0.1, 0.15) is 17.9 Å². The maximum Gasteiger partial charge on any atom is 0.223 e. The summed E-state index contributed by atoms with van der Waals surface area (Å²) in [5.74, 6) is 1.96. The van der Waals surface area contributed by atoms with Gasteiger partial charge in [-0.1, -0.05) is 24.6 Å². The summed E-state index contributed by atoms with van der Waals surface area (Å²) in [6.07, 6.45) is 6.92. The Bertz CT molecular complexity index is 1100. The maximum absolute atomic E-state index is 13.1. The Morgan fingerprint density at radius 2 is 1.88 bits per heavy atom. The average molecular weight is 464 g/mol. The number of methoxy groups -OCH3 is 1. The first kappa shape index (κ1) is 22.6. The predicted molar refractivity (Wildman–Crippen MR) is 130 cm³/mol. The number of benzene rings is 1. The second-order valence-electron chi connectivity index (χ2n) is 9.19. The molecule has 2 saturated heterocycles. The molecule has 0 aliphatic carbocycles. The summed E-state index contributed by atoms with van der Waals surface area (Å²) in [5, 5.41) is 15.8. The van der Waals surface area contributed by atoms with Gasteiger partial charge in [0.15, 0.2) is 5.65 Å². The van der Waals surface area contributed by atoms with E-state index in [1.807, 2.05) is 24.3 Å². The van der Waals surface area contributed by atoms with Crippen LogP contribution in [0.25, 0.3) is 5.65 Å². The molecule has 1 amide bonds. The third-order valence-electron chi connectivity index (χ3n) is 7.14. The molecule has 1 aromatic carbocycles. The van der Waals surface area contributed by atoms with Gasteiger partial charge in [0.25, 0.3) is 0 Å². The van der Waals surface area contributed by atoms with E-state index < -0.39 is 0 Å². The fourth-order valence-electron chi connectivity index (χ4n) is 5.21. The van der Waals surface area contributed by atoms with Gasteiger partial charge in [-0.3, -0.25) is 9.69 Å². The van der Waals surface area contributed by atoms with Crippen molar-refractivity contribution in [2.24, 2.45) is 5.92 Å². The van der Waals surface area contributed by atoms with Crippen LogP contribution in [0, 0.1) is 5.92 Å². The molecule has 1 N–H and O–H groups in total. The lowest BCUT2D eigenvalue weighted by molar-refractivity contribution is -0.125. The Kier molecular flexibility index (Phi) is 6.89. The first-order chi connectivity index (χ1) is 16.7. The Balaban J connectivity index is 1.20. The molecule has 4 heterocycles. The lowest BCUT2D eigenvalue weighted by Crippen LogP contribution is -2.44. The molecule has 3 aromatic rings. The van der Waals surface area contributed by atoms with Crippen molar-refractivity contribution >= 4 is 17.4 Å². The highest BCUT2D eigenvalue weighted by atomic mass is 16.5. The molecule has 2 aromatic heterocycles. The van der Waals surface area contributed by atoms with Crippen LogP contribution in [0.15, 0.2) is 42.7 Å². The lowest BCUT2D eigenvalue weighted by Gasteiger charge is -2.36. The summed E-state index contributed by atoms with van der Waals surface area (Å²) in [4.78, 5) is 17.9. The molecular formula is C25H33N7O2. The Labute approximate surface area is 200 Å². The van der Waals surface area contributed by atoms with Crippen molar-refractivity contribution in [3.05, 3.63) is 48.3 Å². The minimum absolute atomic E-state index is 0.0227. The Morgan fingerprint density at radius 3 is 2.68 bits per heavy atom. The van der Waals surface area contributed by atoms with Gasteiger partial charge in [-0.25, -0.2) is 0 Å². The third-order valence-corrected chi connectivity index (χ3v) is 7.14. The second-order valence-corrected chi connectivity index (χ2v) is 9.19. The van der Waals surface area contributed by atoms with Gasteiger partial charge in [-0.05, 0) is 57.0 Å². The van der Waals surface area contributed by atoms with Gasteiger partial charge < -0.3 is 15.0 Å². The number of carbonyl (C=O) groups is 1. The smallest absolute Gasteiger partial charge is 0.223 e. The normalized spacial score (nSPS) is 18.7. The highest BCUT2D eigenvalue weighted by Crippen LogP contribution is 2.31. The molecule has 1 unspecified atom stereocenters. The number of ether oxygens (including phenoxy) is 1. The van der Waals surface area contributed by atoms with Gasteiger partial charge in [0.2, 0.25) is 5.91 Å². The summed E-state index contributed by atoms with van der Waals surface area (Å²) in [5.41, 5.74) is 1.88. The van der Waals surface area contributed by atoms with E-state index in [2.05, 4.69) is 42.5 Å². The van der Waals surface area contributed by atoms with Crippen molar-refractivity contribution in [3.63, 3.8) is 0 Å². The predicted octanol–water partition coefficient (Wildman–Crippen LogP) is 2.69. The van der Waals surface area contributed by atoms with E-state index in [0.717, 1.165) is 61.8 Å². The average Bonchev–Trinajstić information content (AvgIpc) is 3.38. The molecule has 0 radical (unpaired) electrons. The quantitative estimate of drug-likeness (QED) is 0.576. The van der Waals surface area contributed by atoms with E-state index in [-0.39, 0.29) is 17.9 Å². The van der Waals surface area contributed by atoms with Crippen LogP contribution in [0.3, 0.4) is 0 Å². The number of fused-ring (bicyclic) bond motifs is 1. The number of piperidine rings is 2. The largest absolute Gasteiger partial charge is 0.496 e. The van der Waals surface area contributed by atoms with E-state index in [4.69, 9.17) is 4.74 Å². The fourth-order valence-corrected chi connectivity index (χ4v) is 5.21. The second kappa shape index (κ2) is 10.4. The van der Waals surface area contributed by atoms with E-state index in [9.17, 15) is 4.79 Å². The summed E-state index contributed by atoms with van der Waals surface area (Å²) in [6.45, 7) is 4.33. The molecule has 34 heavy (non-hydrogen) atoms. The van der Waals surface area contributed by atoms with Gasteiger partial charge in [0, 0.05) is 31.1 Å². The van der Waals surface area contributed by atoms with Crippen molar-refractivity contribution in [1.82, 2.24) is 30.0 Å². The maximum atomic E-state index is 13.1. The van der Waals surface area contributed by atoms with Crippen LogP contribution in [0.5, 0.6) is 5.75 Å². The molecule has 1 atom stereocenters.